The highest BCUT2D eigenvalue weighted by atomic mass is 16.3. The number of nitrogens with zero attached hydrogens (tertiary/aromatic N) is 3. The Morgan fingerprint density at radius 3 is 2.21 bits per heavy atom. The Balaban J connectivity index is 3.17. The number of rotatable bonds is 6. The molecule has 0 saturated carbocycles. The molecule has 1 aromatic rings. The zero-order valence-corrected chi connectivity index (χ0v) is 11.7. The van der Waals surface area contributed by atoms with Gasteiger partial charge in [-0.3, -0.25) is 0 Å². The molecule has 0 aliphatic rings. The lowest BCUT2D eigenvalue weighted by molar-refractivity contribution is 0.280. The van der Waals surface area contributed by atoms with Crippen molar-refractivity contribution in [3.8, 4) is 0 Å². The maximum absolute atomic E-state index is 9.07. The Morgan fingerprint density at radius 1 is 1.21 bits per heavy atom. The van der Waals surface area contributed by atoms with Crippen LogP contribution in [0.5, 0.6) is 0 Å². The van der Waals surface area contributed by atoms with Crippen molar-refractivity contribution in [3.63, 3.8) is 0 Å². The van der Waals surface area contributed by atoms with Crippen LogP contribution in [0.2, 0.25) is 0 Å². The SMILES string of the molecule is CC(C)(C)c1nc(NN)cc(N(CCO)CCO)n1. The van der Waals surface area contributed by atoms with Gasteiger partial charge in [0.05, 0.1) is 13.2 Å². The summed E-state index contributed by atoms with van der Waals surface area (Å²) in [5, 5.41) is 18.1. The number of nitrogen functional groups attached to an aromatic ring is 1. The van der Waals surface area contributed by atoms with E-state index in [4.69, 9.17) is 16.1 Å². The summed E-state index contributed by atoms with van der Waals surface area (Å²) >= 11 is 0. The first-order valence-corrected chi connectivity index (χ1v) is 6.25. The van der Waals surface area contributed by atoms with Gasteiger partial charge in [-0.1, -0.05) is 20.8 Å². The lowest BCUT2D eigenvalue weighted by atomic mass is 9.96. The zero-order chi connectivity index (χ0) is 14.5. The topological polar surface area (TPSA) is 108 Å². The highest BCUT2D eigenvalue weighted by Gasteiger charge is 2.20. The second kappa shape index (κ2) is 6.65. The predicted molar refractivity (Wildman–Crippen MR) is 74.9 cm³/mol. The van der Waals surface area contributed by atoms with Crippen molar-refractivity contribution >= 4 is 11.6 Å². The number of hydrazine groups is 1. The van der Waals surface area contributed by atoms with Crippen LogP contribution < -0.4 is 16.2 Å². The van der Waals surface area contributed by atoms with Crippen molar-refractivity contribution in [1.29, 1.82) is 0 Å². The molecule has 7 heteroatoms. The molecule has 0 bridgehead atoms. The van der Waals surface area contributed by atoms with Gasteiger partial charge in [0.25, 0.3) is 0 Å². The van der Waals surface area contributed by atoms with E-state index in [9.17, 15) is 0 Å². The van der Waals surface area contributed by atoms with E-state index in [-0.39, 0.29) is 18.6 Å². The summed E-state index contributed by atoms with van der Waals surface area (Å²) in [5.74, 6) is 7.22. The van der Waals surface area contributed by atoms with Crippen molar-refractivity contribution in [3.05, 3.63) is 11.9 Å². The molecule has 1 heterocycles. The molecule has 19 heavy (non-hydrogen) atoms. The van der Waals surface area contributed by atoms with Crippen LogP contribution in [-0.4, -0.2) is 46.5 Å². The number of nitrogens with two attached hydrogens (primary N) is 1. The molecular weight excluding hydrogens is 246 g/mol. The molecule has 5 N–H and O–H groups in total. The van der Waals surface area contributed by atoms with Gasteiger partial charge >= 0.3 is 0 Å². The monoisotopic (exact) mass is 269 g/mol. The maximum atomic E-state index is 9.07. The minimum Gasteiger partial charge on any atom is -0.395 e. The number of aromatic nitrogens is 2. The van der Waals surface area contributed by atoms with Crippen LogP contribution in [0.1, 0.15) is 26.6 Å². The number of nitrogens with one attached hydrogen (secondary N) is 1. The molecule has 0 aliphatic carbocycles. The average Bonchev–Trinajstić information content (AvgIpc) is 2.37. The summed E-state index contributed by atoms with van der Waals surface area (Å²) in [4.78, 5) is 10.6. The van der Waals surface area contributed by atoms with Crippen LogP contribution in [0.4, 0.5) is 11.6 Å². The molecule has 1 rings (SSSR count). The van der Waals surface area contributed by atoms with Crippen LogP contribution in [-0.2, 0) is 5.41 Å². The summed E-state index contributed by atoms with van der Waals surface area (Å²) in [6.45, 7) is 6.79. The molecule has 0 unspecified atom stereocenters. The summed E-state index contributed by atoms with van der Waals surface area (Å²) < 4.78 is 0. The second-order valence-electron chi connectivity index (χ2n) is 5.26. The molecule has 108 valence electrons. The number of anilines is 2. The smallest absolute Gasteiger partial charge is 0.145 e. The van der Waals surface area contributed by atoms with E-state index in [0.717, 1.165) is 0 Å². The van der Waals surface area contributed by atoms with Gasteiger partial charge in [0.1, 0.15) is 17.5 Å². The van der Waals surface area contributed by atoms with Gasteiger partial charge in [-0.15, -0.1) is 0 Å². The Hall–Kier alpha value is -1.44. The van der Waals surface area contributed by atoms with Crippen molar-refractivity contribution in [2.75, 3.05) is 36.6 Å². The molecular formula is C12H23N5O2. The normalized spacial score (nSPS) is 11.5. The van der Waals surface area contributed by atoms with Gasteiger partial charge in [0, 0.05) is 24.6 Å². The highest BCUT2D eigenvalue weighted by Crippen LogP contribution is 2.23. The Labute approximate surface area is 113 Å². The summed E-state index contributed by atoms with van der Waals surface area (Å²) in [5.41, 5.74) is 2.30. The number of hydrogen-bond acceptors (Lipinski definition) is 7. The Morgan fingerprint density at radius 2 is 1.79 bits per heavy atom. The molecule has 0 aromatic carbocycles. The van der Waals surface area contributed by atoms with E-state index in [0.29, 0.717) is 30.5 Å². The van der Waals surface area contributed by atoms with Gasteiger partial charge in [-0.05, 0) is 0 Å². The number of aliphatic hydroxyl groups is 2. The third-order valence-electron chi connectivity index (χ3n) is 2.60. The van der Waals surface area contributed by atoms with Crippen LogP contribution in [0.25, 0.3) is 0 Å². The van der Waals surface area contributed by atoms with Crippen LogP contribution >= 0.6 is 0 Å². The van der Waals surface area contributed by atoms with E-state index in [1.807, 2.05) is 20.8 Å². The second-order valence-corrected chi connectivity index (χ2v) is 5.26. The van der Waals surface area contributed by atoms with E-state index in [2.05, 4.69) is 15.4 Å². The highest BCUT2D eigenvalue weighted by molar-refractivity contribution is 5.49. The van der Waals surface area contributed by atoms with Gasteiger partial charge in [-0.2, -0.15) is 0 Å². The first kappa shape index (κ1) is 15.6. The molecule has 0 amide bonds. The molecule has 0 aliphatic heterocycles. The standard InChI is InChI=1S/C12H23N5O2/c1-12(2,3)11-14-9(16-13)8-10(15-11)17(4-6-18)5-7-19/h8,18-19H,4-7,13H2,1-3H3,(H,14,15,16). The quantitative estimate of drug-likeness (QED) is 0.420. The largest absolute Gasteiger partial charge is 0.395 e. The van der Waals surface area contributed by atoms with E-state index < -0.39 is 0 Å². The predicted octanol–water partition coefficient (Wildman–Crippen LogP) is -0.149. The molecule has 0 saturated heterocycles. The van der Waals surface area contributed by atoms with Crippen molar-refractivity contribution in [1.82, 2.24) is 9.97 Å². The van der Waals surface area contributed by atoms with E-state index in [1.165, 1.54) is 0 Å². The molecule has 7 nitrogen and oxygen atoms in total. The van der Waals surface area contributed by atoms with Crippen LogP contribution in [0, 0.1) is 0 Å². The molecule has 0 radical (unpaired) electrons. The van der Waals surface area contributed by atoms with Gasteiger partial charge in [0.15, 0.2) is 0 Å². The third kappa shape index (κ3) is 4.30. The fourth-order valence-corrected chi connectivity index (χ4v) is 1.59. The van der Waals surface area contributed by atoms with Crippen LogP contribution in [0.15, 0.2) is 6.07 Å². The van der Waals surface area contributed by atoms with Crippen LogP contribution in [0.3, 0.4) is 0 Å². The minimum atomic E-state index is -0.217. The van der Waals surface area contributed by atoms with E-state index >= 15 is 0 Å². The summed E-state index contributed by atoms with van der Waals surface area (Å²) in [6.07, 6.45) is 0. The van der Waals surface area contributed by atoms with Gasteiger partial charge in [0.2, 0.25) is 0 Å². The molecule has 0 fully saturated rings. The lowest BCUT2D eigenvalue weighted by Gasteiger charge is -2.25. The molecule has 0 spiro atoms. The van der Waals surface area contributed by atoms with Gasteiger partial charge < -0.3 is 20.5 Å². The first-order chi connectivity index (χ1) is 8.92. The van der Waals surface area contributed by atoms with E-state index in [1.54, 1.807) is 11.0 Å². The number of aliphatic hydroxyl groups excluding tert-OH is 2. The zero-order valence-electron chi connectivity index (χ0n) is 11.7. The first-order valence-electron chi connectivity index (χ1n) is 6.25. The fourth-order valence-electron chi connectivity index (χ4n) is 1.59. The Kier molecular flexibility index (Phi) is 5.46. The lowest BCUT2D eigenvalue weighted by Crippen LogP contribution is -2.32. The molecule has 1 aromatic heterocycles. The van der Waals surface area contributed by atoms with Crippen molar-refractivity contribution in [2.45, 2.75) is 26.2 Å². The summed E-state index contributed by atoms with van der Waals surface area (Å²) in [7, 11) is 0. The minimum absolute atomic E-state index is 0.0136. The van der Waals surface area contributed by atoms with Crippen molar-refractivity contribution < 1.29 is 10.2 Å². The van der Waals surface area contributed by atoms with Crippen molar-refractivity contribution in [2.24, 2.45) is 5.84 Å². The maximum Gasteiger partial charge on any atom is 0.145 e. The molecule has 0 atom stereocenters. The number of hydrogen-bond donors (Lipinski definition) is 4. The average molecular weight is 269 g/mol. The summed E-state index contributed by atoms with van der Waals surface area (Å²) in [6, 6.07) is 1.69. The fraction of sp³-hybridized carbons (Fsp3) is 0.667. The third-order valence-corrected chi connectivity index (χ3v) is 2.60. The Bertz CT molecular complexity index is 400. The van der Waals surface area contributed by atoms with Gasteiger partial charge in [-0.25, -0.2) is 15.8 Å².